The van der Waals surface area contributed by atoms with E-state index in [1.807, 2.05) is 30.3 Å². The molecule has 1 N–H and O–H groups in total. The predicted molar refractivity (Wildman–Crippen MR) is 117 cm³/mol. The highest BCUT2D eigenvalue weighted by Gasteiger charge is 2.60. The summed E-state index contributed by atoms with van der Waals surface area (Å²) in [7, 11) is 1.47. The second kappa shape index (κ2) is 8.81. The van der Waals surface area contributed by atoms with Crippen LogP contribution in [0.15, 0.2) is 54.6 Å². The van der Waals surface area contributed by atoms with Gasteiger partial charge in [0.2, 0.25) is 0 Å². The average molecular weight is 426 g/mol. The van der Waals surface area contributed by atoms with Crippen molar-refractivity contribution < 1.29 is 14.3 Å². The Morgan fingerprint density at radius 2 is 1.70 bits per heavy atom. The molecule has 2 aliphatic carbocycles. The van der Waals surface area contributed by atoms with Gasteiger partial charge < -0.3 is 10.1 Å². The quantitative estimate of drug-likeness (QED) is 0.629. The van der Waals surface area contributed by atoms with Crippen LogP contribution < -0.4 is 5.32 Å². The molecule has 2 aromatic rings. The molecule has 0 aromatic heterocycles. The highest BCUT2D eigenvalue weighted by molar-refractivity contribution is 6.30. The molecule has 0 bridgehead atoms. The van der Waals surface area contributed by atoms with E-state index in [0.717, 1.165) is 24.8 Å². The summed E-state index contributed by atoms with van der Waals surface area (Å²) in [5.74, 6) is 1.55. The second-order valence-electron chi connectivity index (χ2n) is 8.54. The number of hydrogen-bond acceptors (Lipinski definition) is 3. The molecule has 6 atom stereocenters. The van der Waals surface area contributed by atoms with Crippen molar-refractivity contribution in [2.24, 2.45) is 23.7 Å². The topological polar surface area (TPSA) is 55.4 Å². The van der Waals surface area contributed by atoms with Gasteiger partial charge in [-0.2, -0.15) is 0 Å². The van der Waals surface area contributed by atoms with E-state index in [1.165, 1.54) is 7.11 Å². The molecule has 0 aliphatic heterocycles. The molecular formula is C25H28ClNO3. The Morgan fingerprint density at radius 1 is 1.07 bits per heavy atom. The maximum Gasteiger partial charge on any atom is 0.313 e. The lowest BCUT2D eigenvalue weighted by Crippen LogP contribution is -2.37. The third kappa shape index (κ3) is 4.11. The van der Waals surface area contributed by atoms with Crippen LogP contribution in [-0.4, -0.2) is 25.0 Å². The summed E-state index contributed by atoms with van der Waals surface area (Å²) in [6.45, 7) is 2.12. The minimum Gasteiger partial charge on any atom is -0.469 e. The van der Waals surface area contributed by atoms with Crippen LogP contribution in [0.2, 0.25) is 5.02 Å². The van der Waals surface area contributed by atoms with Gasteiger partial charge in [0.15, 0.2) is 0 Å². The molecular weight excluding hydrogens is 398 g/mol. The summed E-state index contributed by atoms with van der Waals surface area (Å²) in [5.41, 5.74) is 1.67. The van der Waals surface area contributed by atoms with Gasteiger partial charge in [-0.1, -0.05) is 48.9 Å². The number of carbonyl (C=O) groups excluding carboxylic acids is 2. The largest absolute Gasteiger partial charge is 0.469 e. The van der Waals surface area contributed by atoms with Crippen molar-refractivity contribution in [3.05, 3.63) is 70.7 Å². The summed E-state index contributed by atoms with van der Waals surface area (Å²) in [6.07, 6.45) is 2.93. The SMILES string of the molecule is CC[C@@H](NC(=O)c1ccc(Cl)cc1)C1[C@H]2CC([C@H](C(=O)OC)c3ccccc3)C[C@@H]12. The molecule has 4 nitrogen and oxygen atoms in total. The third-order valence-electron chi connectivity index (χ3n) is 6.96. The summed E-state index contributed by atoms with van der Waals surface area (Å²) < 4.78 is 5.13. The predicted octanol–water partition coefficient (Wildman–Crippen LogP) is 5.08. The van der Waals surface area contributed by atoms with E-state index in [-0.39, 0.29) is 23.8 Å². The fourth-order valence-corrected chi connectivity index (χ4v) is 5.64. The van der Waals surface area contributed by atoms with Gasteiger partial charge in [0, 0.05) is 16.6 Å². The third-order valence-corrected chi connectivity index (χ3v) is 7.21. The lowest BCUT2D eigenvalue weighted by molar-refractivity contribution is -0.144. The first-order valence-corrected chi connectivity index (χ1v) is 11.1. The fourth-order valence-electron chi connectivity index (χ4n) is 5.51. The lowest BCUT2D eigenvalue weighted by atomic mass is 9.81. The maximum absolute atomic E-state index is 12.6. The Morgan fingerprint density at radius 3 is 2.27 bits per heavy atom. The molecule has 2 unspecified atom stereocenters. The van der Waals surface area contributed by atoms with Gasteiger partial charge in [-0.15, -0.1) is 0 Å². The normalized spacial score (nSPS) is 26.4. The van der Waals surface area contributed by atoms with Crippen molar-refractivity contribution in [2.75, 3.05) is 7.11 Å². The van der Waals surface area contributed by atoms with Crippen molar-refractivity contribution in [1.29, 1.82) is 0 Å². The molecule has 5 heteroatoms. The summed E-state index contributed by atoms with van der Waals surface area (Å²) in [6, 6.07) is 17.1. The van der Waals surface area contributed by atoms with Crippen LogP contribution in [0.5, 0.6) is 0 Å². The first kappa shape index (κ1) is 20.9. The van der Waals surface area contributed by atoms with Crippen LogP contribution in [0.25, 0.3) is 0 Å². The number of ether oxygens (including phenoxy) is 1. The molecule has 0 heterocycles. The number of benzene rings is 2. The molecule has 2 fully saturated rings. The first-order valence-electron chi connectivity index (χ1n) is 10.7. The molecule has 0 saturated heterocycles. The van der Waals surface area contributed by atoms with Gasteiger partial charge in [-0.05, 0) is 72.8 Å². The minimum absolute atomic E-state index is 0.0447. The van der Waals surface area contributed by atoms with E-state index < -0.39 is 0 Å². The molecule has 4 rings (SSSR count). The molecule has 2 saturated carbocycles. The van der Waals surface area contributed by atoms with Crippen molar-refractivity contribution in [3.63, 3.8) is 0 Å². The molecule has 30 heavy (non-hydrogen) atoms. The van der Waals surface area contributed by atoms with Gasteiger partial charge >= 0.3 is 5.97 Å². The lowest BCUT2D eigenvalue weighted by Gasteiger charge is -2.26. The van der Waals surface area contributed by atoms with Crippen LogP contribution in [0, 0.1) is 23.7 Å². The Kier molecular flexibility index (Phi) is 6.14. The Balaban J connectivity index is 1.40. The van der Waals surface area contributed by atoms with Crippen LogP contribution in [0.4, 0.5) is 0 Å². The van der Waals surface area contributed by atoms with Crippen LogP contribution >= 0.6 is 11.6 Å². The first-order chi connectivity index (χ1) is 14.5. The number of hydrogen-bond donors (Lipinski definition) is 1. The maximum atomic E-state index is 12.6. The highest BCUT2D eigenvalue weighted by atomic mass is 35.5. The van der Waals surface area contributed by atoms with E-state index in [2.05, 4.69) is 12.2 Å². The Bertz CT molecular complexity index is 886. The number of nitrogens with one attached hydrogen (secondary N) is 1. The van der Waals surface area contributed by atoms with E-state index >= 15 is 0 Å². The van der Waals surface area contributed by atoms with E-state index in [0.29, 0.717) is 34.3 Å². The average Bonchev–Trinajstić information content (AvgIpc) is 3.25. The van der Waals surface area contributed by atoms with Crippen LogP contribution in [0.1, 0.15) is 48.0 Å². The standard InChI is InChI=1S/C25H28ClNO3/c1-3-21(27-24(28)16-9-11-18(26)12-10-16)23-19-13-17(14-20(19)23)22(25(29)30-2)15-7-5-4-6-8-15/h4-12,17,19-23H,3,13-14H2,1-2H3,(H,27,28)/t17?,19-,20+,21-,22-,23?/m1/s1. The van der Waals surface area contributed by atoms with Gasteiger partial charge in [0.25, 0.3) is 5.91 Å². The zero-order chi connectivity index (χ0) is 21.3. The fraction of sp³-hybridized carbons (Fsp3) is 0.440. The number of methoxy groups -OCH3 is 1. The number of rotatable bonds is 7. The van der Waals surface area contributed by atoms with Crippen molar-refractivity contribution in [2.45, 2.75) is 38.1 Å². The smallest absolute Gasteiger partial charge is 0.313 e. The van der Waals surface area contributed by atoms with Crippen molar-refractivity contribution in [3.8, 4) is 0 Å². The van der Waals surface area contributed by atoms with Crippen LogP contribution in [-0.2, 0) is 9.53 Å². The summed E-state index contributed by atoms with van der Waals surface area (Å²) in [5, 5.41) is 3.85. The zero-order valence-electron chi connectivity index (χ0n) is 17.4. The molecule has 0 radical (unpaired) electrons. The monoisotopic (exact) mass is 425 g/mol. The van der Waals surface area contributed by atoms with E-state index in [9.17, 15) is 9.59 Å². The highest BCUT2D eigenvalue weighted by Crippen LogP contribution is 2.63. The number of amides is 1. The van der Waals surface area contributed by atoms with Gasteiger partial charge in [-0.25, -0.2) is 0 Å². The van der Waals surface area contributed by atoms with Crippen molar-refractivity contribution >= 4 is 23.5 Å². The molecule has 2 aromatic carbocycles. The van der Waals surface area contributed by atoms with Gasteiger partial charge in [0.05, 0.1) is 13.0 Å². The molecule has 1 amide bonds. The Labute approximate surface area is 183 Å². The molecule has 2 aliphatic rings. The van der Waals surface area contributed by atoms with E-state index in [4.69, 9.17) is 16.3 Å². The van der Waals surface area contributed by atoms with E-state index in [1.54, 1.807) is 24.3 Å². The summed E-state index contributed by atoms with van der Waals surface area (Å²) in [4.78, 5) is 25.2. The van der Waals surface area contributed by atoms with Crippen LogP contribution in [0.3, 0.4) is 0 Å². The van der Waals surface area contributed by atoms with Crippen molar-refractivity contribution in [1.82, 2.24) is 5.32 Å². The number of halogens is 1. The molecule has 158 valence electrons. The van der Waals surface area contributed by atoms with Gasteiger partial charge in [-0.3, -0.25) is 9.59 Å². The number of fused-ring (bicyclic) bond motifs is 1. The number of esters is 1. The Hall–Kier alpha value is -2.33. The zero-order valence-corrected chi connectivity index (χ0v) is 18.1. The van der Waals surface area contributed by atoms with Gasteiger partial charge in [0.1, 0.15) is 0 Å². The summed E-state index contributed by atoms with van der Waals surface area (Å²) >= 11 is 5.93. The number of carbonyl (C=O) groups is 2. The molecule has 0 spiro atoms. The second-order valence-corrected chi connectivity index (χ2v) is 8.98. The minimum atomic E-state index is -0.201.